The number of fused-ring (bicyclic) bond motifs is 3. The number of epoxide rings is 1. The largest absolute Gasteiger partial charge is 0.485 e. The van der Waals surface area contributed by atoms with Gasteiger partial charge in [0.25, 0.3) is 0 Å². The molecule has 86 valence electrons. The number of hydrogen-bond acceptors (Lipinski definition) is 2. The summed E-state index contributed by atoms with van der Waals surface area (Å²) in [5.41, 5.74) is 2.46. The second-order valence-electron chi connectivity index (χ2n) is 5.30. The molecule has 2 heterocycles. The molecule has 1 saturated heterocycles. The van der Waals surface area contributed by atoms with Crippen LogP contribution < -0.4 is 4.74 Å². The molecule has 2 aliphatic rings. The molecule has 1 aromatic rings. The molecule has 3 rings (SSSR count). The Kier molecular flexibility index (Phi) is 2.05. The molecule has 2 aliphatic heterocycles. The Hall–Kier alpha value is -1.02. The van der Waals surface area contributed by atoms with Crippen LogP contribution in [0.5, 0.6) is 5.75 Å². The van der Waals surface area contributed by atoms with Crippen LogP contribution in [0, 0.1) is 0 Å². The standard InChI is InChI=1S/C14H18O2/c1-4-5-9-6-7-11-10(8-9)12-13(15-12)14(2,3)16-11/h6-8,12-13H,4-5H2,1-3H3/t12-,13+/m0/s1. The van der Waals surface area contributed by atoms with Crippen molar-refractivity contribution in [3.63, 3.8) is 0 Å². The number of aryl methyl sites for hydroxylation is 1. The highest BCUT2D eigenvalue weighted by atomic mass is 16.6. The van der Waals surface area contributed by atoms with Crippen LogP contribution in [0.4, 0.5) is 0 Å². The van der Waals surface area contributed by atoms with E-state index >= 15 is 0 Å². The Morgan fingerprint density at radius 3 is 2.88 bits per heavy atom. The zero-order valence-electron chi connectivity index (χ0n) is 10.1. The second-order valence-corrected chi connectivity index (χ2v) is 5.30. The highest BCUT2D eigenvalue weighted by Crippen LogP contribution is 2.53. The maximum atomic E-state index is 5.98. The van der Waals surface area contributed by atoms with Crippen molar-refractivity contribution >= 4 is 0 Å². The summed E-state index contributed by atoms with van der Waals surface area (Å²) < 4.78 is 11.7. The number of ether oxygens (including phenoxy) is 2. The third-order valence-corrected chi connectivity index (χ3v) is 3.47. The molecule has 1 fully saturated rings. The van der Waals surface area contributed by atoms with Gasteiger partial charge in [-0.25, -0.2) is 0 Å². The quantitative estimate of drug-likeness (QED) is 0.711. The average Bonchev–Trinajstić information content (AvgIpc) is 3.00. The van der Waals surface area contributed by atoms with Gasteiger partial charge in [-0.05, 0) is 38.0 Å². The van der Waals surface area contributed by atoms with Crippen LogP contribution in [0.3, 0.4) is 0 Å². The Labute approximate surface area is 96.6 Å². The molecule has 0 bridgehead atoms. The fourth-order valence-electron chi connectivity index (χ4n) is 2.58. The van der Waals surface area contributed by atoms with Gasteiger partial charge in [-0.1, -0.05) is 19.4 Å². The average molecular weight is 218 g/mol. The lowest BCUT2D eigenvalue weighted by Gasteiger charge is -2.29. The summed E-state index contributed by atoms with van der Waals surface area (Å²) in [4.78, 5) is 0. The molecule has 2 atom stereocenters. The summed E-state index contributed by atoms with van der Waals surface area (Å²) in [7, 11) is 0. The van der Waals surface area contributed by atoms with Crippen LogP contribution in [0.1, 0.15) is 44.4 Å². The zero-order valence-corrected chi connectivity index (χ0v) is 10.1. The van der Waals surface area contributed by atoms with E-state index in [-0.39, 0.29) is 17.8 Å². The summed E-state index contributed by atoms with van der Waals surface area (Å²) in [5, 5.41) is 0. The molecule has 0 unspecified atom stereocenters. The lowest BCUT2D eigenvalue weighted by atomic mass is 9.93. The van der Waals surface area contributed by atoms with Gasteiger partial charge in [0.1, 0.15) is 23.6 Å². The number of hydrogen-bond donors (Lipinski definition) is 0. The van der Waals surface area contributed by atoms with E-state index < -0.39 is 0 Å². The highest BCUT2D eigenvalue weighted by Gasteiger charge is 2.56. The molecule has 0 N–H and O–H groups in total. The minimum Gasteiger partial charge on any atom is -0.485 e. The van der Waals surface area contributed by atoms with Crippen molar-refractivity contribution in [3.8, 4) is 5.75 Å². The van der Waals surface area contributed by atoms with E-state index in [0.29, 0.717) is 0 Å². The van der Waals surface area contributed by atoms with E-state index in [1.54, 1.807) is 0 Å². The van der Waals surface area contributed by atoms with Crippen LogP contribution in [0.25, 0.3) is 0 Å². The molecule has 2 heteroatoms. The van der Waals surface area contributed by atoms with Crippen LogP contribution >= 0.6 is 0 Å². The number of rotatable bonds is 2. The van der Waals surface area contributed by atoms with Gasteiger partial charge in [-0.2, -0.15) is 0 Å². The lowest BCUT2D eigenvalue weighted by molar-refractivity contribution is 0.0725. The van der Waals surface area contributed by atoms with E-state index in [0.717, 1.165) is 12.2 Å². The predicted octanol–water partition coefficient (Wildman–Crippen LogP) is 3.25. The summed E-state index contributed by atoms with van der Waals surface area (Å²) in [5.74, 6) is 1.00. The molecule has 0 aromatic heterocycles. The van der Waals surface area contributed by atoms with E-state index in [2.05, 4.69) is 39.0 Å². The van der Waals surface area contributed by atoms with Gasteiger partial charge in [0.05, 0.1) is 0 Å². The van der Waals surface area contributed by atoms with Crippen molar-refractivity contribution in [2.75, 3.05) is 0 Å². The van der Waals surface area contributed by atoms with Gasteiger partial charge >= 0.3 is 0 Å². The Balaban J connectivity index is 1.97. The van der Waals surface area contributed by atoms with Gasteiger partial charge in [-0.3, -0.25) is 0 Å². The SMILES string of the molecule is CCCc1ccc2c(c1)[C@@H]1O[C@H]1C(C)(C)O2. The molecule has 2 nitrogen and oxygen atoms in total. The molecule has 1 aromatic carbocycles. The van der Waals surface area contributed by atoms with Gasteiger partial charge in [0, 0.05) is 5.56 Å². The Morgan fingerprint density at radius 1 is 1.31 bits per heavy atom. The van der Waals surface area contributed by atoms with Crippen LogP contribution in [-0.4, -0.2) is 11.7 Å². The van der Waals surface area contributed by atoms with Gasteiger partial charge in [0.2, 0.25) is 0 Å². The first-order valence-corrected chi connectivity index (χ1v) is 6.09. The third kappa shape index (κ3) is 1.44. The fourth-order valence-corrected chi connectivity index (χ4v) is 2.58. The van der Waals surface area contributed by atoms with Crippen molar-refractivity contribution in [3.05, 3.63) is 29.3 Å². The minimum atomic E-state index is -0.177. The van der Waals surface area contributed by atoms with Gasteiger partial charge in [0.15, 0.2) is 0 Å². The molecular weight excluding hydrogens is 200 g/mol. The van der Waals surface area contributed by atoms with Crippen molar-refractivity contribution in [2.24, 2.45) is 0 Å². The van der Waals surface area contributed by atoms with Gasteiger partial charge in [-0.15, -0.1) is 0 Å². The minimum absolute atomic E-state index is 0.177. The van der Waals surface area contributed by atoms with Crippen molar-refractivity contribution < 1.29 is 9.47 Å². The molecule has 0 spiro atoms. The number of benzene rings is 1. The van der Waals surface area contributed by atoms with E-state index in [4.69, 9.17) is 9.47 Å². The molecule has 0 saturated carbocycles. The monoisotopic (exact) mass is 218 g/mol. The molecular formula is C14H18O2. The lowest BCUT2D eigenvalue weighted by Crippen LogP contribution is -2.37. The smallest absolute Gasteiger partial charge is 0.132 e. The van der Waals surface area contributed by atoms with Crippen LogP contribution in [-0.2, 0) is 11.2 Å². The first kappa shape index (κ1) is 10.2. The first-order chi connectivity index (χ1) is 7.62. The topological polar surface area (TPSA) is 21.8 Å². The third-order valence-electron chi connectivity index (χ3n) is 3.47. The van der Waals surface area contributed by atoms with Crippen LogP contribution in [0.2, 0.25) is 0 Å². The Bertz CT molecular complexity index is 423. The second kappa shape index (κ2) is 3.24. The zero-order chi connectivity index (χ0) is 11.3. The molecule has 0 aliphatic carbocycles. The van der Waals surface area contributed by atoms with E-state index in [1.807, 2.05) is 0 Å². The van der Waals surface area contributed by atoms with E-state index in [9.17, 15) is 0 Å². The molecule has 16 heavy (non-hydrogen) atoms. The maximum Gasteiger partial charge on any atom is 0.132 e. The summed E-state index contributed by atoms with van der Waals surface area (Å²) >= 11 is 0. The van der Waals surface area contributed by atoms with Crippen molar-refractivity contribution in [1.82, 2.24) is 0 Å². The normalized spacial score (nSPS) is 28.9. The summed E-state index contributed by atoms with van der Waals surface area (Å²) in [6, 6.07) is 6.51. The predicted molar refractivity (Wildman–Crippen MR) is 62.8 cm³/mol. The Morgan fingerprint density at radius 2 is 2.12 bits per heavy atom. The first-order valence-electron chi connectivity index (χ1n) is 6.09. The van der Waals surface area contributed by atoms with Gasteiger partial charge < -0.3 is 9.47 Å². The van der Waals surface area contributed by atoms with Crippen molar-refractivity contribution in [2.45, 2.75) is 51.4 Å². The highest BCUT2D eigenvalue weighted by molar-refractivity contribution is 5.44. The van der Waals surface area contributed by atoms with E-state index in [1.165, 1.54) is 17.5 Å². The fraction of sp³-hybridized carbons (Fsp3) is 0.571. The summed E-state index contributed by atoms with van der Waals surface area (Å²) in [6.45, 7) is 6.40. The molecule has 0 amide bonds. The van der Waals surface area contributed by atoms with Crippen LogP contribution in [0.15, 0.2) is 18.2 Å². The van der Waals surface area contributed by atoms with Crippen molar-refractivity contribution in [1.29, 1.82) is 0 Å². The maximum absolute atomic E-state index is 5.98. The summed E-state index contributed by atoms with van der Waals surface area (Å²) in [6.07, 6.45) is 2.83. The molecule has 0 radical (unpaired) electrons.